The zero-order valence-corrected chi connectivity index (χ0v) is 18.6. The fraction of sp³-hybridized carbons (Fsp3) is 0.458. The van der Waals surface area contributed by atoms with E-state index in [4.69, 9.17) is 4.74 Å². The van der Waals surface area contributed by atoms with Gasteiger partial charge in [0.25, 0.3) is 0 Å². The van der Waals surface area contributed by atoms with Gasteiger partial charge < -0.3 is 14.5 Å². The van der Waals surface area contributed by atoms with Gasteiger partial charge in [-0.3, -0.25) is 24.4 Å². The molecule has 3 heterocycles. The first-order chi connectivity index (χ1) is 15.5. The van der Waals surface area contributed by atoms with Crippen molar-refractivity contribution in [3.05, 3.63) is 60.2 Å². The Kier molecular flexibility index (Phi) is 8.30. The minimum atomic E-state index is -0.701. The fourth-order valence-electron chi connectivity index (χ4n) is 4.06. The number of carbonyl (C=O) groups is 3. The van der Waals surface area contributed by atoms with Crippen LogP contribution in [0.15, 0.2) is 49.1 Å². The van der Waals surface area contributed by atoms with Crippen LogP contribution in [0.5, 0.6) is 0 Å². The second-order valence-electron chi connectivity index (χ2n) is 7.85. The molecule has 8 nitrogen and oxygen atoms in total. The average Bonchev–Trinajstić information content (AvgIpc) is 2.80. The topological polar surface area (TPSA) is 92.7 Å². The van der Waals surface area contributed by atoms with Gasteiger partial charge in [0, 0.05) is 51.3 Å². The molecule has 2 aromatic heterocycles. The van der Waals surface area contributed by atoms with E-state index in [1.165, 1.54) is 11.8 Å². The largest absolute Gasteiger partial charge is 0.465 e. The monoisotopic (exact) mass is 438 g/mol. The molecular formula is C24H30N4O4. The van der Waals surface area contributed by atoms with Crippen molar-refractivity contribution in [2.75, 3.05) is 26.2 Å². The number of piperidine rings is 1. The normalized spacial score (nSPS) is 17.0. The van der Waals surface area contributed by atoms with Crippen LogP contribution in [0.2, 0.25) is 0 Å². The molecule has 1 aliphatic rings. The highest BCUT2D eigenvalue weighted by atomic mass is 16.5. The van der Waals surface area contributed by atoms with E-state index in [1.807, 2.05) is 17.0 Å². The summed E-state index contributed by atoms with van der Waals surface area (Å²) < 4.78 is 5.26. The summed E-state index contributed by atoms with van der Waals surface area (Å²) in [7, 11) is 0. The lowest BCUT2D eigenvalue weighted by Crippen LogP contribution is -2.55. The first kappa shape index (κ1) is 23.4. The quantitative estimate of drug-likeness (QED) is 0.558. The summed E-state index contributed by atoms with van der Waals surface area (Å²) in [5.41, 5.74) is 1.77. The van der Waals surface area contributed by atoms with Crippen molar-refractivity contribution in [2.24, 2.45) is 0 Å². The number of esters is 1. The van der Waals surface area contributed by atoms with Crippen LogP contribution in [0.25, 0.3) is 0 Å². The van der Waals surface area contributed by atoms with E-state index >= 15 is 0 Å². The Morgan fingerprint density at radius 1 is 1.22 bits per heavy atom. The number of likely N-dealkylation sites (tertiary alicyclic amines) is 1. The Hall–Kier alpha value is -3.29. The summed E-state index contributed by atoms with van der Waals surface area (Å²) in [5.74, 6) is -1.44. The van der Waals surface area contributed by atoms with Gasteiger partial charge in [-0.1, -0.05) is 6.07 Å². The molecule has 0 aliphatic carbocycles. The summed E-state index contributed by atoms with van der Waals surface area (Å²) in [6, 6.07) is 6.81. The number of carbonyl (C=O) groups excluding carboxylic acids is 3. The third kappa shape index (κ3) is 5.90. The van der Waals surface area contributed by atoms with Crippen molar-refractivity contribution in [3.8, 4) is 0 Å². The van der Waals surface area contributed by atoms with E-state index in [-0.39, 0.29) is 25.0 Å². The molecule has 8 heteroatoms. The maximum atomic E-state index is 13.3. The minimum absolute atomic E-state index is 0.0747. The summed E-state index contributed by atoms with van der Waals surface area (Å²) >= 11 is 0. The molecule has 0 bridgehead atoms. The summed E-state index contributed by atoms with van der Waals surface area (Å²) in [6.07, 6.45) is 8.80. The molecule has 32 heavy (non-hydrogen) atoms. The predicted molar refractivity (Wildman–Crippen MR) is 119 cm³/mol. The molecule has 1 saturated heterocycles. The Morgan fingerprint density at radius 3 is 2.66 bits per heavy atom. The molecule has 0 saturated carbocycles. The van der Waals surface area contributed by atoms with Gasteiger partial charge in [-0.05, 0) is 55.5 Å². The predicted octanol–water partition coefficient (Wildman–Crippen LogP) is 2.21. The molecule has 0 radical (unpaired) electrons. The molecule has 2 aromatic rings. The van der Waals surface area contributed by atoms with Crippen molar-refractivity contribution in [2.45, 2.75) is 45.1 Å². The number of nitrogens with zero attached hydrogens (tertiary/aromatic N) is 4. The van der Waals surface area contributed by atoms with Crippen LogP contribution in [0.1, 0.15) is 43.7 Å². The lowest BCUT2D eigenvalue weighted by molar-refractivity contribution is -0.151. The molecule has 0 aromatic carbocycles. The van der Waals surface area contributed by atoms with Crippen LogP contribution in [-0.4, -0.2) is 69.8 Å². The third-order valence-electron chi connectivity index (χ3n) is 5.74. The van der Waals surface area contributed by atoms with Gasteiger partial charge in [-0.2, -0.15) is 0 Å². The second-order valence-corrected chi connectivity index (χ2v) is 7.85. The number of amides is 2. The van der Waals surface area contributed by atoms with Gasteiger partial charge in [0.15, 0.2) is 0 Å². The zero-order chi connectivity index (χ0) is 22.9. The van der Waals surface area contributed by atoms with Crippen molar-refractivity contribution in [1.29, 1.82) is 0 Å². The highest BCUT2D eigenvalue weighted by molar-refractivity contribution is 5.88. The molecule has 1 aliphatic heterocycles. The minimum Gasteiger partial charge on any atom is -0.465 e. The Labute approximate surface area is 188 Å². The average molecular weight is 439 g/mol. The molecule has 0 N–H and O–H groups in total. The highest BCUT2D eigenvalue weighted by Crippen LogP contribution is 2.24. The number of hydrogen-bond donors (Lipinski definition) is 0. The Balaban J connectivity index is 1.76. The van der Waals surface area contributed by atoms with Crippen molar-refractivity contribution < 1.29 is 19.1 Å². The molecule has 0 spiro atoms. The van der Waals surface area contributed by atoms with Gasteiger partial charge >= 0.3 is 5.97 Å². The van der Waals surface area contributed by atoms with E-state index in [2.05, 4.69) is 9.97 Å². The lowest BCUT2D eigenvalue weighted by Gasteiger charge is -2.39. The number of pyridine rings is 2. The molecule has 1 unspecified atom stereocenters. The van der Waals surface area contributed by atoms with Crippen molar-refractivity contribution >= 4 is 17.8 Å². The van der Waals surface area contributed by atoms with E-state index in [0.29, 0.717) is 25.1 Å². The highest BCUT2D eigenvalue weighted by Gasteiger charge is 2.37. The van der Waals surface area contributed by atoms with E-state index in [0.717, 1.165) is 18.4 Å². The van der Waals surface area contributed by atoms with Gasteiger partial charge in [0.2, 0.25) is 11.8 Å². The van der Waals surface area contributed by atoms with Crippen LogP contribution in [0.3, 0.4) is 0 Å². The maximum Gasteiger partial charge on any atom is 0.315 e. The van der Waals surface area contributed by atoms with Gasteiger partial charge in [0.1, 0.15) is 12.0 Å². The zero-order valence-electron chi connectivity index (χ0n) is 18.6. The smallest absolute Gasteiger partial charge is 0.315 e. The number of ether oxygens (including phenoxy) is 1. The lowest BCUT2D eigenvalue weighted by atomic mass is 9.96. The molecule has 2 amide bonds. The van der Waals surface area contributed by atoms with Gasteiger partial charge in [-0.25, -0.2) is 0 Å². The Morgan fingerprint density at radius 2 is 2.00 bits per heavy atom. The first-order valence-electron chi connectivity index (χ1n) is 11.0. The molecule has 170 valence electrons. The third-order valence-corrected chi connectivity index (χ3v) is 5.74. The molecule has 2 atom stereocenters. The SMILES string of the molecule is CCOC(=O)C(CN(C(C)=O)[C@H]1CCCN(CCc2ccncc2)C1=O)c1cccnc1. The summed E-state index contributed by atoms with van der Waals surface area (Å²) in [4.78, 5) is 50.1. The van der Waals surface area contributed by atoms with Crippen LogP contribution < -0.4 is 0 Å². The van der Waals surface area contributed by atoms with Crippen LogP contribution in [0.4, 0.5) is 0 Å². The van der Waals surface area contributed by atoms with Crippen LogP contribution in [0, 0.1) is 0 Å². The van der Waals surface area contributed by atoms with Crippen molar-refractivity contribution in [3.63, 3.8) is 0 Å². The number of aromatic nitrogens is 2. The second kappa shape index (κ2) is 11.4. The van der Waals surface area contributed by atoms with Crippen LogP contribution >= 0.6 is 0 Å². The van der Waals surface area contributed by atoms with E-state index in [1.54, 1.807) is 43.8 Å². The Bertz CT molecular complexity index is 907. The summed E-state index contributed by atoms with van der Waals surface area (Å²) in [6.45, 7) is 4.74. The van der Waals surface area contributed by atoms with Gasteiger partial charge in [0.05, 0.1) is 6.61 Å². The molecule has 1 fully saturated rings. The fourth-order valence-corrected chi connectivity index (χ4v) is 4.06. The summed E-state index contributed by atoms with van der Waals surface area (Å²) in [5, 5.41) is 0. The molecule has 3 rings (SSSR count). The maximum absolute atomic E-state index is 13.3. The molecular weight excluding hydrogens is 408 g/mol. The van der Waals surface area contributed by atoms with Gasteiger partial charge in [-0.15, -0.1) is 0 Å². The van der Waals surface area contributed by atoms with E-state index in [9.17, 15) is 14.4 Å². The number of rotatable bonds is 9. The first-order valence-corrected chi connectivity index (χ1v) is 11.0. The van der Waals surface area contributed by atoms with E-state index < -0.39 is 17.9 Å². The van der Waals surface area contributed by atoms with Crippen molar-refractivity contribution in [1.82, 2.24) is 19.8 Å². The number of hydrogen-bond acceptors (Lipinski definition) is 6. The van der Waals surface area contributed by atoms with Crippen LogP contribution in [-0.2, 0) is 25.5 Å². The standard InChI is InChI=1S/C24H30N4O4/c1-3-32-24(31)21(20-6-4-11-26-16-20)17-28(18(2)29)22-7-5-14-27(23(22)30)15-10-19-8-12-25-13-9-19/h4,6,8-9,11-13,16,21-22H,3,5,7,10,14-15,17H2,1-2H3/t21?,22-/m0/s1.